The molecule has 16 heavy (non-hydrogen) atoms. The highest BCUT2D eigenvalue weighted by Crippen LogP contribution is 2.08. The first-order valence-corrected chi connectivity index (χ1v) is 5.14. The number of hydrogen-bond donors (Lipinski definition) is 3. The summed E-state index contributed by atoms with van der Waals surface area (Å²) in [6.07, 6.45) is 4.97. The van der Waals surface area contributed by atoms with Gasteiger partial charge in [-0.05, 0) is 6.42 Å². The first-order chi connectivity index (χ1) is 7.79. The molecule has 0 radical (unpaired) electrons. The van der Waals surface area contributed by atoms with E-state index in [4.69, 9.17) is 0 Å². The third kappa shape index (κ3) is 2.28. The van der Waals surface area contributed by atoms with Gasteiger partial charge >= 0.3 is 0 Å². The maximum atomic E-state index is 11.6. The van der Waals surface area contributed by atoms with E-state index < -0.39 is 0 Å². The minimum Gasteiger partial charge on any atom is -0.305 e. The summed E-state index contributed by atoms with van der Waals surface area (Å²) in [5.41, 5.74) is 1.50. The average Bonchev–Trinajstić information content (AvgIpc) is 2.89. The summed E-state index contributed by atoms with van der Waals surface area (Å²) in [4.78, 5) is 11.6. The van der Waals surface area contributed by atoms with Gasteiger partial charge in [-0.2, -0.15) is 10.2 Å². The van der Waals surface area contributed by atoms with Gasteiger partial charge in [0.2, 0.25) is 0 Å². The quantitative estimate of drug-likeness (QED) is 0.725. The summed E-state index contributed by atoms with van der Waals surface area (Å²) in [6.45, 7) is 2.09. The molecular formula is C10H13N5O. The van der Waals surface area contributed by atoms with Crippen LogP contribution in [0.2, 0.25) is 0 Å². The zero-order chi connectivity index (χ0) is 11.4. The van der Waals surface area contributed by atoms with Crippen LogP contribution in [-0.2, 0) is 6.42 Å². The van der Waals surface area contributed by atoms with Gasteiger partial charge < -0.3 is 5.32 Å². The largest absolute Gasteiger partial charge is 0.305 e. The van der Waals surface area contributed by atoms with Crippen molar-refractivity contribution in [1.82, 2.24) is 20.4 Å². The smallest absolute Gasteiger partial charge is 0.260 e. The Hall–Kier alpha value is -2.11. The third-order valence-electron chi connectivity index (χ3n) is 2.15. The summed E-state index contributed by atoms with van der Waals surface area (Å²) in [5, 5.41) is 15.8. The van der Waals surface area contributed by atoms with Crippen LogP contribution >= 0.6 is 0 Å². The van der Waals surface area contributed by atoms with Crippen LogP contribution in [0, 0.1) is 0 Å². The Morgan fingerprint density at radius 3 is 3.12 bits per heavy atom. The normalized spacial score (nSPS) is 10.3. The van der Waals surface area contributed by atoms with E-state index in [0.29, 0.717) is 11.4 Å². The number of carbonyl (C=O) groups excluding carboxylic acids is 1. The molecule has 3 N–H and O–H groups in total. The summed E-state index contributed by atoms with van der Waals surface area (Å²) >= 11 is 0. The third-order valence-corrected chi connectivity index (χ3v) is 2.15. The van der Waals surface area contributed by atoms with Gasteiger partial charge in [0.1, 0.15) is 0 Å². The fourth-order valence-corrected chi connectivity index (χ4v) is 1.39. The molecule has 2 aromatic heterocycles. The molecule has 0 aromatic carbocycles. The molecule has 0 aliphatic rings. The molecule has 0 fully saturated rings. The Labute approximate surface area is 92.5 Å². The molecule has 6 heteroatoms. The summed E-state index contributed by atoms with van der Waals surface area (Å²) in [6, 6.07) is 1.83. The van der Waals surface area contributed by atoms with E-state index in [1.165, 1.54) is 12.4 Å². The second-order valence-electron chi connectivity index (χ2n) is 3.47. The Bertz CT molecular complexity index is 459. The van der Waals surface area contributed by atoms with Crippen molar-refractivity contribution >= 4 is 11.7 Å². The first-order valence-electron chi connectivity index (χ1n) is 5.14. The molecule has 2 rings (SSSR count). The van der Waals surface area contributed by atoms with Crippen LogP contribution in [0.15, 0.2) is 18.5 Å². The number of H-pyrrole nitrogens is 2. The number of aromatic nitrogens is 4. The van der Waals surface area contributed by atoms with Crippen molar-refractivity contribution in [3.63, 3.8) is 0 Å². The van der Waals surface area contributed by atoms with Crippen LogP contribution in [0.4, 0.5) is 5.82 Å². The zero-order valence-corrected chi connectivity index (χ0v) is 8.95. The van der Waals surface area contributed by atoms with Gasteiger partial charge in [-0.3, -0.25) is 15.0 Å². The van der Waals surface area contributed by atoms with E-state index in [1.807, 2.05) is 6.07 Å². The maximum absolute atomic E-state index is 11.6. The van der Waals surface area contributed by atoms with Crippen molar-refractivity contribution < 1.29 is 4.79 Å². The lowest BCUT2D eigenvalue weighted by Crippen LogP contribution is -2.11. The van der Waals surface area contributed by atoms with Crippen LogP contribution in [-0.4, -0.2) is 26.3 Å². The van der Waals surface area contributed by atoms with Gasteiger partial charge in [-0.1, -0.05) is 13.3 Å². The Morgan fingerprint density at radius 2 is 2.44 bits per heavy atom. The summed E-state index contributed by atoms with van der Waals surface area (Å²) < 4.78 is 0. The second-order valence-corrected chi connectivity index (χ2v) is 3.47. The number of aryl methyl sites for hydroxylation is 1. The number of hydrogen-bond acceptors (Lipinski definition) is 3. The van der Waals surface area contributed by atoms with Gasteiger partial charge in [0.15, 0.2) is 5.82 Å². The molecule has 0 saturated carbocycles. The van der Waals surface area contributed by atoms with E-state index >= 15 is 0 Å². The molecule has 0 saturated heterocycles. The highest BCUT2D eigenvalue weighted by Gasteiger charge is 2.08. The molecule has 0 spiro atoms. The number of rotatable bonds is 4. The van der Waals surface area contributed by atoms with E-state index in [2.05, 4.69) is 32.6 Å². The van der Waals surface area contributed by atoms with Gasteiger partial charge in [0.25, 0.3) is 5.91 Å². The minimum absolute atomic E-state index is 0.219. The molecular weight excluding hydrogens is 206 g/mol. The van der Waals surface area contributed by atoms with Crippen molar-refractivity contribution in [2.24, 2.45) is 0 Å². The maximum Gasteiger partial charge on any atom is 0.260 e. The van der Waals surface area contributed by atoms with E-state index in [-0.39, 0.29) is 5.91 Å². The number of amides is 1. The van der Waals surface area contributed by atoms with Crippen molar-refractivity contribution in [3.8, 4) is 0 Å². The predicted octanol–water partition coefficient (Wildman–Crippen LogP) is 1.34. The van der Waals surface area contributed by atoms with Crippen molar-refractivity contribution in [2.45, 2.75) is 19.8 Å². The van der Waals surface area contributed by atoms with E-state index in [0.717, 1.165) is 18.5 Å². The molecule has 84 valence electrons. The molecule has 2 aromatic rings. The standard InChI is InChI=1S/C10H13N5O/c1-2-3-8-4-9(15-14-8)13-10(16)7-5-11-12-6-7/h4-6H,2-3H2,1H3,(H,11,12)(H2,13,14,15,16). The highest BCUT2D eigenvalue weighted by molar-refractivity contribution is 6.03. The van der Waals surface area contributed by atoms with Crippen LogP contribution in [0.5, 0.6) is 0 Å². The number of nitrogens with one attached hydrogen (secondary N) is 3. The number of anilines is 1. The zero-order valence-electron chi connectivity index (χ0n) is 8.95. The fourth-order valence-electron chi connectivity index (χ4n) is 1.39. The molecule has 2 heterocycles. The lowest BCUT2D eigenvalue weighted by Gasteiger charge is -1.96. The monoisotopic (exact) mass is 219 g/mol. The average molecular weight is 219 g/mol. The van der Waals surface area contributed by atoms with Gasteiger partial charge in [-0.15, -0.1) is 0 Å². The molecule has 0 aliphatic heterocycles. The SMILES string of the molecule is CCCc1cc(NC(=O)c2cn[nH]c2)n[nH]1. The lowest BCUT2D eigenvalue weighted by molar-refractivity contribution is 0.102. The molecule has 6 nitrogen and oxygen atoms in total. The van der Waals surface area contributed by atoms with Crippen molar-refractivity contribution in [2.75, 3.05) is 5.32 Å². The summed E-state index contributed by atoms with van der Waals surface area (Å²) in [7, 11) is 0. The van der Waals surface area contributed by atoms with E-state index in [1.54, 1.807) is 0 Å². The summed E-state index contributed by atoms with van der Waals surface area (Å²) in [5.74, 6) is 0.318. The van der Waals surface area contributed by atoms with Gasteiger partial charge in [0, 0.05) is 18.0 Å². The van der Waals surface area contributed by atoms with E-state index in [9.17, 15) is 4.79 Å². The number of carbonyl (C=O) groups is 1. The number of aromatic amines is 2. The van der Waals surface area contributed by atoms with Gasteiger partial charge in [-0.25, -0.2) is 0 Å². The van der Waals surface area contributed by atoms with Gasteiger partial charge in [0.05, 0.1) is 11.8 Å². The van der Waals surface area contributed by atoms with Crippen molar-refractivity contribution in [3.05, 3.63) is 29.7 Å². The fraction of sp³-hybridized carbons (Fsp3) is 0.300. The van der Waals surface area contributed by atoms with Crippen molar-refractivity contribution in [1.29, 1.82) is 0 Å². The molecule has 1 amide bonds. The number of nitrogens with zero attached hydrogens (tertiary/aromatic N) is 2. The minimum atomic E-state index is -0.219. The molecule has 0 bridgehead atoms. The Balaban J connectivity index is 2.01. The molecule has 0 aliphatic carbocycles. The molecule has 0 atom stereocenters. The Morgan fingerprint density at radius 1 is 1.56 bits per heavy atom. The predicted molar refractivity (Wildman–Crippen MR) is 59.1 cm³/mol. The van der Waals surface area contributed by atoms with Crippen LogP contribution in [0.3, 0.4) is 0 Å². The lowest BCUT2D eigenvalue weighted by atomic mass is 10.2. The highest BCUT2D eigenvalue weighted by atomic mass is 16.1. The van der Waals surface area contributed by atoms with Crippen LogP contribution in [0.1, 0.15) is 29.4 Å². The van der Waals surface area contributed by atoms with Crippen LogP contribution in [0.25, 0.3) is 0 Å². The van der Waals surface area contributed by atoms with Crippen LogP contribution < -0.4 is 5.32 Å². The first kappa shape index (κ1) is 10.4. The Kier molecular flexibility index (Phi) is 3.00. The second kappa shape index (κ2) is 4.61. The topological polar surface area (TPSA) is 86.5 Å². The molecule has 0 unspecified atom stereocenters.